The molecule has 1 aliphatic heterocycles. The van der Waals surface area contributed by atoms with Crippen LogP contribution in [0.3, 0.4) is 0 Å². The van der Waals surface area contributed by atoms with Gasteiger partial charge in [-0.3, -0.25) is 9.59 Å². The van der Waals surface area contributed by atoms with E-state index in [2.05, 4.69) is 10.3 Å². The number of amides is 2. The second kappa shape index (κ2) is 10.2. The Hall–Kier alpha value is -1.61. The molecule has 6 nitrogen and oxygen atoms in total. The van der Waals surface area contributed by atoms with Crippen molar-refractivity contribution in [2.75, 3.05) is 18.8 Å². The number of nitrogens with one attached hydrogen (secondary N) is 1. The van der Waals surface area contributed by atoms with Crippen molar-refractivity contribution < 1.29 is 14.7 Å². The van der Waals surface area contributed by atoms with E-state index in [0.29, 0.717) is 37.4 Å². The molecule has 28 heavy (non-hydrogen) atoms. The topological polar surface area (TPSA) is 82.5 Å². The normalized spacial score (nSPS) is 16.0. The fourth-order valence-corrected chi connectivity index (χ4v) is 4.38. The summed E-state index contributed by atoms with van der Waals surface area (Å²) >= 11 is 8.73. The van der Waals surface area contributed by atoms with Crippen LogP contribution in [-0.4, -0.2) is 57.8 Å². The fourth-order valence-electron chi connectivity index (χ4n) is 2.97. The van der Waals surface area contributed by atoms with Gasteiger partial charge < -0.3 is 15.3 Å². The third-order valence-corrected chi connectivity index (χ3v) is 6.39. The van der Waals surface area contributed by atoms with Crippen LogP contribution in [0.15, 0.2) is 40.1 Å². The molecule has 0 saturated carbocycles. The van der Waals surface area contributed by atoms with Gasteiger partial charge in [-0.25, -0.2) is 4.98 Å². The molecule has 0 aliphatic carbocycles. The van der Waals surface area contributed by atoms with Crippen molar-refractivity contribution in [3.63, 3.8) is 0 Å². The Morgan fingerprint density at radius 2 is 2.04 bits per heavy atom. The van der Waals surface area contributed by atoms with E-state index in [1.54, 1.807) is 22.5 Å². The second-order valence-electron chi connectivity index (χ2n) is 6.60. The summed E-state index contributed by atoms with van der Waals surface area (Å²) in [5.41, 5.74) is 2.50. The number of halogens is 1. The number of thioether (sulfide) groups is 1. The van der Waals surface area contributed by atoms with E-state index >= 15 is 0 Å². The fraction of sp³-hybridized carbons (Fsp3) is 0.421. The molecule has 1 aliphatic rings. The first kappa shape index (κ1) is 21.1. The first-order valence-corrected chi connectivity index (χ1v) is 11.3. The zero-order valence-electron chi connectivity index (χ0n) is 15.2. The van der Waals surface area contributed by atoms with E-state index in [1.807, 2.05) is 17.5 Å². The van der Waals surface area contributed by atoms with Crippen molar-refractivity contribution in [2.45, 2.75) is 36.3 Å². The molecule has 1 unspecified atom stereocenters. The largest absolute Gasteiger partial charge is 0.393 e. The minimum Gasteiger partial charge on any atom is -0.393 e. The van der Waals surface area contributed by atoms with Crippen molar-refractivity contribution >= 4 is 46.5 Å². The number of carbonyl (C=O) groups excluding carboxylic acids is 2. The lowest BCUT2D eigenvalue weighted by Gasteiger charge is -2.32. The van der Waals surface area contributed by atoms with Gasteiger partial charge in [0, 0.05) is 34.8 Å². The van der Waals surface area contributed by atoms with Crippen LogP contribution in [-0.2, 0) is 16.0 Å². The van der Waals surface area contributed by atoms with Gasteiger partial charge in [0.1, 0.15) is 6.04 Å². The summed E-state index contributed by atoms with van der Waals surface area (Å²) in [6.45, 7) is 1.01. The van der Waals surface area contributed by atoms with Gasteiger partial charge in [-0.15, -0.1) is 23.1 Å². The highest BCUT2D eigenvalue weighted by Gasteiger charge is 2.29. The highest BCUT2D eigenvalue weighted by atomic mass is 35.5. The van der Waals surface area contributed by atoms with Crippen LogP contribution in [0, 0.1) is 0 Å². The summed E-state index contributed by atoms with van der Waals surface area (Å²) in [5, 5.41) is 15.1. The molecule has 2 N–H and O–H groups in total. The number of aromatic nitrogens is 1. The number of nitrogens with zero attached hydrogens (tertiary/aromatic N) is 2. The molecule has 2 heterocycles. The maximum Gasteiger partial charge on any atom is 0.245 e. The zero-order valence-corrected chi connectivity index (χ0v) is 17.6. The van der Waals surface area contributed by atoms with Crippen molar-refractivity contribution in [3.05, 3.63) is 45.9 Å². The molecule has 1 aromatic carbocycles. The Kier molecular flexibility index (Phi) is 7.73. The maximum atomic E-state index is 13.0. The third kappa shape index (κ3) is 6.20. The van der Waals surface area contributed by atoms with Crippen molar-refractivity contribution in [2.24, 2.45) is 0 Å². The summed E-state index contributed by atoms with van der Waals surface area (Å²) in [5.74, 6) is -0.114. The smallest absolute Gasteiger partial charge is 0.245 e. The van der Waals surface area contributed by atoms with Gasteiger partial charge in [-0.05, 0) is 37.1 Å². The number of carbonyl (C=O) groups is 2. The molecule has 1 saturated heterocycles. The molecule has 2 aromatic rings. The predicted molar refractivity (Wildman–Crippen MR) is 112 cm³/mol. The number of rotatable bonds is 7. The monoisotopic (exact) mass is 439 g/mol. The quantitative estimate of drug-likeness (QED) is 0.648. The number of likely N-dealkylation sites (tertiary alicyclic amines) is 1. The average molecular weight is 440 g/mol. The van der Waals surface area contributed by atoms with Gasteiger partial charge in [0.25, 0.3) is 0 Å². The highest BCUT2D eigenvalue weighted by Crippen LogP contribution is 2.20. The van der Waals surface area contributed by atoms with E-state index in [4.69, 9.17) is 11.6 Å². The minimum atomic E-state index is -0.657. The van der Waals surface area contributed by atoms with Crippen molar-refractivity contribution in [1.82, 2.24) is 15.2 Å². The summed E-state index contributed by atoms with van der Waals surface area (Å²) < 4.78 is 0. The summed E-state index contributed by atoms with van der Waals surface area (Å²) in [6, 6.07) is 6.62. The molecule has 150 valence electrons. The Morgan fingerprint density at radius 3 is 2.68 bits per heavy atom. The maximum absolute atomic E-state index is 13.0. The Bertz CT molecular complexity index is 778. The van der Waals surface area contributed by atoms with E-state index in [9.17, 15) is 14.7 Å². The standard InChI is InChI=1S/C19H22ClN3O3S2/c20-13-1-3-16(4-2-13)28-11-18(25)22-17(9-14-10-27-12-21-14)19(26)23-7-5-15(24)6-8-23/h1-4,10,12,15,17,24H,5-9,11H2,(H,22,25). The van der Waals surface area contributed by atoms with Gasteiger partial charge in [0.05, 0.1) is 23.1 Å². The van der Waals surface area contributed by atoms with Gasteiger partial charge in [-0.2, -0.15) is 0 Å². The van der Waals surface area contributed by atoms with E-state index in [0.717, 1.165) is 10.6 Å². The van der Waals surface area contributed by atoms with Gasteiger partial charge in [0.2, 0.25) is 11.8 Å². The van der Waals surface area contributed by atoms with Crippen LogP contribution < -0.4 is 5.32 Å². The molecule has 1 atom stereocenters. The molecular weight excluding hydrogens is 418 g/mol. The molecule has 0 spiro atoms. The van der Waals surface area contributed by atoms with Gasteiger partial charge in [0.15, 0.2) is 0 Å². The molecule has 2 amide bonds. The van der Waals surface area contributed by atoms with Gasteiger partial charge in [-0.1, -0.05) is 11.6 Å². The van der Waals surface area contributed by atoms with Crippen LogP contribution in [0.2, 0.25) is 5.02 Å². The number of aliphatic hydroxyl groups is 1. The molecule has 1 aromatic heterocycles. The van der Waals surface area contributed by atoms with Gasteiger partial charge >= 0.3 is 0 Å². The van der Waals surface area contributed by atoms with Crippen LogP contribution in [0.1, 0.15) is 18.5 Å². The number of aliphatic hydroxyl groups excluding tert-OH is 1. The van der Waals surface area contributed by atoms with Crippen LogP contribution in [0.25, 0.3) is 0 Å². The number of hydrogen-bond acceptors (Lipinski definition) is 6. The summed E-state index contributed by atoms with van der Waals surface area (Å²) in [7, 11) is 0. The number of benzene rings is 1. The lowest BCUT2D eigenvalue weighted by Crippen LogP contribution is -2.52. The molecule has 1 fully saturated rings. The highest BCUT2D eigenvalue weighted by molar-refractivity contribution is 8.00. The minimum absolute atomic E-state index is 0.121. The predicted octanol–water partition coefficient (Wildman–Crippen LogP) is 2.60. The average Bonchev–Trinajstić information content (AvgIpc) is 3.20. The van der Waals surface area contributed by atoms with E-state index < -0.39 is 6.04 Å². The Morgan fingerprint density at radius 1 is 1.32 bits per heavy atom. The van der Waals surface area contributed by atoms with E-state index in [-0.39, 0.29) is 23.7 Å². The third-order valence-electron chi connectivity index (χ3n) is 4.49. The molecule has 9 heteroatoms. The first-order valence-electron chi connectivity index (χ1n) is 9.03. The first-order chi connectivity index (χ1) is 13.5. The van der Waals surface area contributed by atoms with Crippen LogP contribution in [0.5, 0.6) is 0 Å². The second-order valence-corrected chi connectivity index (χ2v) is 8.81. The zero-order chi connectivity index (χ0) is 19.9. The molecule has 0 radical (unpaired) electrons. The SMILES string of the molecule is O=C(CSc1ccc(Cl)cc1)NC(Cc1cscn1)C(=O)N1CCC(O)CC1. The summed E-state index contributed by atoms with van der Waals surface area (Å²) in [4.78, 5) is 32.3. The lowest BCUT2D eigenvalue weighted by molar-refractivity contribution is -0.137. The number of hydrogen-bond donors (Lipinski definition) is 2. The number of thiazole rings is 1. The Labute approximate surface area is 177 Å². The van der Waals surface area contributed by atoms with E-state index in [1.165, 1.54) is 23.1 Å². The Balaban J connectivity index is 1.60. The van der Waals surface area contributed by atoms with Crippen LogP contribution in [0.4, 0.5) is 0 Å². The van der Waals surface area contributed by atoms with Crippen LogP contribution >= 0.6 is 34.7 Å². The van der Waals surface area contributed by atoms with Crippen molar-refractivity contribution in [3.8, 4) is 0 Å². The molecule has 3 rings (SSSR count). The molecule has 0 bridgehead atoms. The summed E-state index contributed by atoms with van der Waals surface area (Å²) in [6.07, 6.45) is 1.13. The van der Waals surface area contributed by atoms with Crippen molar-refractivity contribution in [1.29, 1.82) is 0 Å². The number of piperidine rings is 1. The lowest BCUT2D eigenvalue weighted by atomic mass is 10.1. The molecular formula is C19H22ClN3O3S2.